The first-order valence-corrected chi connectivity index (χ1v) is 9.19. The summed E-state index contributed by atoms with van der Waals surface area (Å²) in [4.78, 5) is 17.0. The van der Waals surface area contributed by atoms with E-state index in [2.05, 4.69) is 24.4 Å². The molecule has 0 saturated carbocycles. The number of piperidine rings is 1. The molecule has 2 fully saturated rings. The van der Waals surface area contributed by atoms with Crippen LogP contribution in [0.25, 0.3) is 0 Å². The van der Waals surface area contributed by atoms with E-state index >= 15 is 0 Å². The number of nitrogens with zero attached hydrogens (tertiary/aromatic N) is 1. The number of aryl methyl sites for hydroxylation is 1. The van der Waals surface area contributed by atoms with Crippen molar-refractivity contribution in [3.8, 4) is 0 Å². The van der Waals surface area contributed by atoms with Crippen molar-refractivity contribution in [2.75, 3.05) is 26.3 Å². The van der Waals surface area contributed by atoms with Crippen LogP contribution < -0.4 is 5.32 Å². The molecule has 1 aromatic rings. The van der Waals surface area contributed by atoms with E-state index in [0.29, 0.717) is 19.8 Å². The minimum absolute atomic E-state index is 0.00912. The number of urea groups is 1. The largest absolute Gasteiger partial charge is 0.347 e. The predicted molar refractivity (Wildman–Crippen MR) is 90.6 cm³/mol. The van der Waals surface area contributed by atoms with Gasteiger partial charge in [-0.2, -0.15) is 0 Å². The smallest absolute Gasteiger partial charge is 0.317 e. The summed E-state index contributed by atoms with van der Waals surface area (Å²) in [7, 11) is 0. The number of carbonyl (C=O) groups excluding carboxylic acids is 1. The topological polar surface area (TPSA) is 50.8 Å². The number of hydrogen-bond donors (Lipinski definition) is 1. The zero-order valence-corrected chi connectivity index (χ0v) is 14.9. The van der Waals surface area contributed by atoms with Crippen LogP contribution in [0.5, 0.6) is 0 Å². The quantitative estimate of drug-likeness (QED) is 0.920. The SMILES string of the molecule is Cc1ccc(C(C)NC(=O)N2CCCC(C3(C)OCCO3)C2)s1. The fourth-order valence-corrected chi connectivity index (χ4v) is 4.27. The normalized spacial score (nSPS) is 25.3. The third-order valence-electron chi connectivity index (χ3n) is 4.84. The van der Waals surface area contributed by atoms with Crippen molar-refractivity contribution >= 4 is 17.4 Å². The van der Waals surface area contributed by atoms with Crippen LogP contribution in [0.1, 0.15) is 42.5 Å². The molecule has 23 heavy (non-hydrogen) atoms. The van der Waals surface area contributed by atoms with Gasteiger partial charge < -0.3 is 19.7 Å². The second-order valence-corrected chi connectivity index (χ2v) is 7.94. The fraction of sp³-hybridized carbons (Fsp3) is 0.706. The van der Waals surface area contributed by atoms with Crippen LogP contribution in [0, 0.1) is 12.8 Å². The van der Waals surface area contributed by atoms with Gasteiger partial charge in [0.15, 0.2) is 5.79 Å². The summed E-state index contributed by atoms with van der Waals surface area (Å²) >= 11 is 1.73. The molecule has 2 aliphatic heterocycles. The molecule has 1 aromatic heterocycles. The van der Waals surface area contributed by atoms with E-state index in [1.54, 1.807) is 11.3 Å². The summed E-state index contributed by atoms with van der Waals surface area (Å²) in [5.41, 5.74) is 0. The van der Waals surface area contributed by atoms with E-state index in [9.17, 15) is 4.79 Å². The van der Waals surface area contributed by atoms with Gasteiger partial charge in [-0.05, 0) is 45.7 Å². The number of thiophene rings is 1. The number of hydrogen-bond acceptors (Lipinski definition) is 4. The van der Waals surface area contributed by atoms with E-state index < -0.39 is 5.79 Å². The van der Waals surface area contributed by atoms with Crippen molar-refractivity contribution < 1.29 is 14.3 Å². The van der Waals surface area contributed by atoms with Crippen molar-refractivity contribution in [2.45, 2.75) is 45.4 Å². The van der Waals surface area contributed by atoms with E-state index in [-0.39, 0.29) is 18.0 Å². The highest BCUT2D eigenvalue weighted by Gasteiger charge is 2.42. The van der Waals surface area contributed by atoms with Gasteiger partial charge in [-0.3, -0.25) is 0 Å². The van der Waals surface area contributed by atoms with Gasteiger partial charge in [-0.1, -0.05) is 0 Å². The van der Waals surface area contributed by atoms with Gasteiger partial charge in [-0.15, -0.1) is 11.3 Å². The molecule has 0 bridgehead atoms. The highest BCUT2D eigenvalue weighted by molar-refractivity contribution is 7.12. The van der Waals surface area contributed by atoms with Crippen molar-refractivity contribution in [1.82, 2.24) is 10.2 Å². The van der Waals surface area contributed by atoms with Crippen LogP contribution in [-0.4, -0.2) is 43.0 Å². The maximum atomic E-state index is 12.6. The molecule has 3 rings (SSSR count). The lowest BCUT2D eigenvalue weighted by atomic mass is 9.90. The number of rotatable bonds is 3. The molecule has 0 radical (unpaired) electrons. The van der Waals surface area contributed by atoms with Crippen LogP contribution in [0.4, 0.5) is 4.79 Å². The molecule has 3 heterocycles. The zero-order valence-electron chi connectivity index (χ0n) is 14.1. The summed E-state index contributed by atoms with van der Waals surface area (Å²) < 4.78 is 11.6. The first-order valence-electron chi connectivity index (χ1n) is 8.37. The molecule has 0 aliphatic carbocycles. The Labute approximate surface area is 142 Å². The van der Waals surface area contributed by atoms with E-state index in [0.717, 1.165) is 19.4 Å². The highest BCUT2D eigenvalue weighted by atomic mass is 32.1. The summed E-state index contributed by atoms with van der Waals surface area (Å²) in [6.07, 6.45) is 2.03. The molecule has 0 spiro atoms. The number of carbonyl (C=O) groups is 1. The Morgan fingerprint density at radius 1 is 1.43 bits per heavy atom. The van der Waals surface area contributed by atoms with Gasteiger partial charge in [0.05, 0.1) is 19.3 Å². The average Bonchev–Trinajstić information content (AvgIpc) is 3.17. The Hall–Kier alpha value is -1.11. The van der Waals surface area contributed by atoms with E-state index in [1.807, 2.05) is 18.7 Å². The van der Waals surface area contributed by atoms with Crippen molar-refractivity contribution in [1.29, 1.82) is 0 Å². The van der Waals surface area contributed by atoms with Gasteiger partial charge >= 0.3 is 6.03 Å². The standard InChI is InChI=1S/C17H26N2O3S/c1-12-6-7-15(23-12)13(2)18-16(20)19-8-4-5-14(11-19)17(3)21-9-10-22-17/h6-7,13-14H,4-5,8-11H2,1-3H3,(H,18,20). The maximum absolute atomic E-state index is 12.6. The summed E-state index contributed by atoms with van der Waals surface area (Å²) in [6, 6.07) is 4.23. The number of ether oxygens (including phenoxy) is 2. The van der Waals surface area contributed by atoms with Gasteiger partial charge in [0, 0.05) is 28.8 Å². The Kier molecular flexibility index (Phi) is 4.94. The lowest BCUT2D eigenvalue weighted by molar-refractivity contribution is -0.189. The van der Waals surface area contributed by atoms with Crippen molar-refractivity contribution in [2.24, 2.45) is 5.92 Å². The minimum atomic E-state index is -0.532. The highest BCUT2D eigenvalue weighted by Crippen LogP contribution is 2.34. The van der Waals surface area contributed by atoms with Gasteiger partial charge in [0.2, 0.25) is 0 Å². The first-order chi connectivity index (χ1) is 11.0. The fourth-order valence-electron chi connectivity index (χ4n) is 3.39. The number of nitrogens with one attached hydrogen (secondary N) is 1. The molecule has 2 atom stereocenters. The van der Waals surface area contributed by atoms with Crippen molar-refractivity contribution in [3.63, 3.8) is 0 Å². The van der Waals surface area contributed by atoms with Gasteiger partial charge in [0.25, 0.3) is 0 Å². The zero-order chi connectivity index (χ0) is 16.4. The summed E-state index contributed by atoms with van der Waals surface area (Å²) in [5.74, 6) is -0.293. The van der Waals surface area contributed by atoms with Crippen LogP contribution in [0.3, 0.4) is 0 Å². The van der Waals surface area contributed by atoms with E-state index in [4.69, 9.17) is 9.47 Å². The van der Waals surface area contributed by atoms with E-state index in [1.165, 1.54) is 9.75 Å². The molecule has 2 saturated heterocycles. The average molecular weight is 338 g/mol. The molecule has 0 aromatic carbocycles. The second-order valence-electron chi connectivity index (χ2n) is 6.62. The van der Waals surface area contributed by atoms with Crippen LogP contribution >= 0.6 is 11.3 Å². The Balaban J connectivity index is 1.58. The third-order valence-corrected chi connectivity index (χ3v) is 6.02. The lowest BCUT2D eigenvalue weighted by Gasteiger charge is -2.40. The van der Waals surface area contributed by atoms with Gasteiger partial charge in [0.1, 0.15) is 0 Å². The Morgan fingerprint density at radius 3 is 2.83 bits per heavy atom. The van der Waals surface area contributed by atoms with Crippen molar-refractivity contribution in [3.05, 3.63) is 21.9 Å². The van der Waals surface area contributed by atoms with Crippen LogP contribution in [-0.2, 0) is 9.47 Å². The molecular formula is C17H26N2O3S. The number of amides is 2. The molecular weight excluding hydrogens is 312 g/mol. The monoisotopic (exact) mass is 338 g/mol. The predicted octanol–water partition coefficient (Wildman–Crippen LogP) is 3.30. The van der Waals surface area contributed by atoms with Gasteiger partial charge in [-0.25, -0.2) is 4.79 Å². The number of likely N-dealkylation sites (tertiary alicyclic amines) is 1. The molecule has 2 unspecified atom stereocenters. The minimum Gasteiger partial charge on any atom is -0.347 e. The third kappa shape index (κ3) is 3.70. The van der Waals surface area contributed by atoms with Crippen LogP contribution in [0.15, 0.2) is 12.1 Å². The molecule has 2 aliphatic rings. The molecule has 5 nitrogen and oxygen atoms in total. The Bertz CT molecular complexity index is 554. The second kappa shape index (κ2) is 6.79. The molecule has 1 N–H and O–H groups in total. The molecule has 2 amide bonds. The Morgan fingerprint density at radius 2 is 2.17 bits per heavy atom. The summed E-state index contributed by atoms with van der Waals surface area (Å²) in [6.45, 7) is 8.91. The lowest BCUT2D eigenvalue weighted by Crippen LogP contribution is -2.51. The molecule has 6 heteroatoms. The molecule has 128 valence electrons. The maximum Gasteiger partial charge on any atom is 0.317 e. The first kappa shape index (κ1) is 16.7. The summed E-state index contributed by atoms with van der Waals surface area (Å²) in [5, 5.41) is 3.12. The van der Waals surface area contributed by atoms with Crippen LogP contribution in [0.2, 0.25) is 0 Å².